The predicted molar refractivity (Wildman–Crippen MR) is 91.1 cm³/mol. The molecule has 4 nitrogen and oxygen atoms in total. The fourth-order valence-electron chi connectivity index (χ4n) is 2.79. The lowest BCUT2D eigenvalue weighted by atomic mass is 10.0. The van der Waals surface area contributed by atoms with E-state index in [-0.39, 0.29) is 5.91 Å². The first kappa shape index (κ1) is 17.3. The maximum absolute atomic E-state index is 12.0. The minimum absolute atomic E-state index is 0.106. The van der Waals surface area contributed by atoms with Crippen LogP contribution in [-0.2, 0) is 11.3 Å². The molecule has 1 aromatic carbocycles. The van der Waals surface area contributed by atoms with Gasteiger partial charge < -0.3 is 15.1 Å². The number of benzene rings is 1. The maximum atomic E-state index is 12.0. The summed E-state index contributed by atoms with van der Waals surface area (Å²) < 4.78 is 0. The van der Waals surface area contributed by atoms with Gasteiger partial charge in [-0.05, 0) is 57.7 Å². The lowest BCUT2D eigenvalue weighted by Gasteiger charge is -2.35. The second kappa shape index (κ2) is 8.51. The zero-order valence-corrected chi connectivity index (χ0v) is 14.3. The van der Waals surface area contributed by atoms with Crippen LogP contribution in [0.1, 0.15) is 24.8 Å². The highest BCUT2D eigenvalue weighted by Gasteiger charge is 2.20. The normalized spacial score (nSPS) is 16.9. The van der Waals surface area contributed by atoms with Gasteiger partial charge in [0.05, 0.1) is 0 Å². The molecule has 1 saturated heterocycles. The SMILES string of the molecule is CN1CCC(N(C)CCC(=O)NCc2ccc(Cl)cc2)CC1. The number of nitrogens with zero attached hydrogens (tertiary/aromatic N) is 2. The first-order valence-electron chi connectivity index (χ1n) is 7.94. The Morgan fingerprint density at radius 2 is 1.95 bits per heavy atom. The fraction of sp³-hybridized carbons (Fsp3) is 0.588. The molecule has 1 N–H and O–H groups in total. The first-order valence-corrected chi connectivity index (χ1v) is 8.32. The summed E-state index contributed by atoms with van der Waals surface area (Å²) in [6.07, 6.45) is 2.94. The van der Waals surface area contributed by atoms with E-state index in [1.54, 1.807) is 0 Å². The van der Waals surface area contributed by atoms with Crippen molar-refractivity contribution in [1.82, 2.24) is 15.1 Å². The number of hydrogen-bond acceptors (Lipinski definition) is 3. The Morgan fingerprint density at radius 1 is 1.32 bits per heavy atom. The number of hydrogen-bond donors (Lipinski definition) is 1. The summed E-state index contributed by atoms with van der Waals surface area (Å²) in [6, 6.07) is 8.18. The van der Waals surface area contributed by atoms with E-state index in [2.05, 4.69) is 29.2 Å². The molecule has 1 fully saturated rings. The van der Waals surface area contributed by atoms with Crippen molar-refractivity contribution in [3.63, 3.8) is 0 Å². The molecule has 1 amide bonds. The van der Waals surface area contributed by atoms with Crippen molar-refractivity contribution >= 4 is 17.5 Å². The summed E-state index contributed by atoms with van der Waals surface area (Å²) in [5.74, 6) is 0.106. The third-order valence-electron chi connectivity index (χ3n) is 4.41. The Balaban J connectivity index is 1.65. The Kier molecular flexibility index (Phi) is 6.68. The van der Waals surface area contributed by atoms with E-state index in [0.29, 0.717) is 19.0 Å². The molecular formula is C17H26ClN3O. The highest BCUT2D eigenvalue weighted by atomic mass is 35.5. The number of carbonyl (C=O) groups is 1. The largest absolute Gasteiger partial charge is 0.352 e. The molecule has 1 aromatic rings. The Bertz CT molecular complexity index is 469. The molecular weight excluding hydrogens is 298 g/mol. The van der Waals surface area contributed by atoms with E-state index >= 15 is 0 Å². The third kappa shape index (κ3) is 5.59. The van der Waals surface area contributed by atoms with Crippen molar-refractivity contribution in [2.45, 2.75) is 31.8 Å². The van der Waals surface area contributed by atoms with E-state index in [4.69, 9.17) is 11.6 Å². The van der Waals surface area contributed by atoms with Gasteiger partial charge >= 0.3 is 0 Å². The van der Waals surface area contributed by atoms with E-state index in [1.807, 2.05) is 24.3 Å². The van der Waals surface area contributed by atoms with Crippen LogP contribution < -0.4 is 5.32 Å². The molecule has 5 heteroatoms. The zero-order chi connectivity index (χ0) is 15.9. The third-order valence-corrected chi connectivity index (χ3v) is 4.66. The summed E-state index contributed by atoms with van der Waals surface area (Å²) >= 11 is 5.85. The molecule has 1 heterocycles. The standard InChI is InChI=1S/C17H26ClN3O/c1-20-10-7-16(8-11-20)21(2)12-9-17(22)19-13-14-3-5-15(18)6-4-14/h3-6,16H,7-13H2,1-2H3,(H,19,22). The van der Waals surface area contributed by atoms with Crippen molar-refractivity contribution in [1.29, 1.82) is 0 Å². The topological polar surface area (TPSA) is 35.6 Å². The van der Waals surface area contributed by atoms with E-state index in [0.717, 1.165) is 30.2 Å². The van der Waals surface area contributed by atoms with Crippen molar-refractivity contribution in [2.75, 3.05) is 33.7 Å². The lowest BCUT2D eigenvalue weighted by Crippen LogP contribution is -2.43. The first-order chi connectivity index (χ1) is 10.5. The summed E-state index contributed by atoms with van der Waals surface area (Å²) in [6.45, 7) is 3.68. The molecule has 122 valence electrons. The number of rotatable bonds is 6. The van der Waals surface area contributed by atoms with Crippen LogP contribution in [0.2, 0.25) is 5.02 Å². The predicted octanol–water partition coefficient (Wildman–Crippen LogP) is 2.37. The minimum atomic E-state index is 0.106. The molecule has 22 heavy (non-hydrogen) atoms. The monoisotopic (exact) mass is 323 g/mol. The average Bonchev–Trinajstić information content (AvgIpc) is 2.52. The van der Waals surface area contributed by atoms with E-state index < -0.39 is 0 Å². The fourth-order valence-corrected chi connectivity index (χ4v) is 2.91. The zero-order valence-electron chi connectivity index (χ0n) is 13.5. The molecule has 0 atom stereocenters. The van der Waals surface area contributed by atoms with Crippen LogP contribution in [0, 0.1) is 0 Å². The minimum Gasteiger partial charge on any atom is -0.352 e. The second-order valence-electron chi connectivity index (χ2n) is 6.17. The van der Waals surface area contributed by atoms with Gasteiger partial charge in [0.2, 0.25) is 5.91 Å². The van der Waals surface area contributed by atoms with Crippen molar-refractivity contribution < 1.29 is 4.79 Å². The lowest BCUT2D eigenvalue weighted by molar-refractivity contribution is -0.121. The van der Waals surface area contributed by atoms with Gasteiger partial charge in [-0.25, -0.2) is 0 Å². The van der Waals surface area contributed by atoms with Gasteiger partial charge in [-0.3, -0.25) is 4.79 Å². The number of amides is 1. The number of nitrogens with one attached hydrogen (secondary N) is 1. The van der Waals surface area contributed by atoms with E-state index in [9.17, 15) is 4.79 Å². The molecule has 0 radical (unpaired) electrons. The van der Waals surface area contributed by atoms with Crippen LogP contribution in [0.5, 0.6) is 0 Å². The van der Waals surface area contributed by atoms with Gasteiger partial charge in [0, 0.05) is 30.6 Å². The molecule has 0 saturated carbocycles. The van der Waals surface area contributed by atoms with Crippen molar-refractivity contribution in [2.24, 2.45) is 0 Å². The molecule has 0 aliphatic carbocycles. The van der Waals surface area contributed by atoms with Crippen LogP contribution in [0.3, 0.4) is 0 Å². The van der Waals surface area contributed by atoms with Crippen LogP contribution in [0.4, 0.5) is 0 Å². The molecule has 0 spiro atoms. The quantitative estimate of drug-likeness (QED) is 0.873. The van der Waals surface area contributed by atoms with Crippen LogP contribution in [0.15, 0.2) is 24.3 Å². The van der Waals surface area contributed by atoms with Crippen molar-refractivity contribution in [3.8, 4) is 0 Å². The highest BCUT2D eigenvalue weighted by molar-refractivity contribution is 6.30. The average molecular weight is 324 g/mol. The van der Waals surface area contributed by atoms with E-state index in [1.165, 1.54) is 12.8 Å². The summed E-state index contributed by atoms with van der Waals surface area (Å²) in [4.78, 5) is 16.6. The Hall–Kier alpha value is -1.10. The number of carbonyl (C=O) groups excluding carboxylic acids is 1. The second-order valence-corrected chi connectivity index (χ2v) is 6.60. The van der Waals surface area contributed by atoms with Crippen LogP contribution >= 0.6 is 11.6 Å². The number of halogens is 1. The van der Waals surface area contributed by atoms with Crippen LogP contribution in [0.25, 0.3) is 0 Å². The number of likely N-dealkylation sites (tertiary alicyclic amines) is 1. The molecule has 1 aliphatic rings. The molecule has 2 rings (SSSR count). The van der Waals surface area contributed by atoms with Gasteiger partial charge in [-0.1, -0.05) is 23.7 Å². The van der Waals surface area contributed by atoms with Gasteiger partial charge in [-0.15, -0.1) is 0 Å². The van der Waals surface area contributed by atoms with Gasteiger partial charge in [0.15, 0.2) is 0 Å². The van der Waals surface area contributed by atoms with Gasteiger partial charge in [0.25, 0.3) is 0 Å². The van der Waals surface area contributed by atoms with Gasteiger partial charge in [-0.2, -0.15) is 0 Å². The smallest absolute Gasteiger partial charge is 0.221 e. The van der Waals surface area contributed by atoms with Crippen molar-refractivity contribution in [3.05, 3.63) is 34.9 Å². The van der Waals surface area contributed by atoms with Crippen LogP contribution in [-0.4, -0.2) is 55.5 Å². The Morgan fingerprint density at radius 3 is 2.59 bits per heavy atom. The summed E-state index contributed by atoms with van der Waals surface area (Å²) in [5.41, 5.74) is 1.07. The molecule has 1 aliphatic heterocycles. The molecule has 0 aromatic heterocycles. The summed E-state index contributed by atoms with van der Waals surface area (Å²) in [5, 5.41) is 3.68. The number of piperidine rings is 1. The maximum Gasteiger partial charge on any atom is 0.221 e. The molecule has 0 unspecified atom stereocenters. The Labute approximate surface area is 138 Å². The van der Waals surface area contributed by atoms with Gasteiger partial charge in [0.1, 0.15) is 0 Å². The molecule has 0 bridgehead atoms. The summed E-state index contributed by atoms with van der Waals surface area (Å²) in [7, 11) is 4.29. The highest BCUT2D eigenvalue weighted by Crippen LogP contribution is 2.14.